The Labute approximate surface area is 102 Å². The van der Waals surface area contributed by atoms with Crippen LogP contribution in [0, 0.1) is 0 Å². The normalized spacial score (nSPS) is 15.3. The van der Waals surface area contributed by atoms with E-state index < -0.39 is 0 Å². The molecule has 3 amide bonds. The standard InChI is InChI=1S/C11H21N3O3/c1-7(12-6-15)5-11(14-10(4)17)8(2)13-9(3)16/h6-8,11H,5H2,1-4H3,(H,12,15)(H,13,16)(H,14,17). The lowest BCUT2D eigenvalue weighted by Gasteiger charge is -2.27. The first-order valence-electron chi connectivity index (χ1n) is 5.60. The summed E-state index contributed by atoms with van der Waals surface area (Å²) in [6.45, 7) is 6.50. The zero-order valence-electron chi connectivity index (χ0n) is 10.7. The van der Waals surface area contributed by atoms with E-state index in [2.05, 4.69) is 16.0 Å². The smallest absolute Gasteiger partial charge is 0.217 e. The Hall–Kier alpha value is -1.59. The molecular formula is C11H21N3O3. The van der Waals surface area contributed by atoms with Crippen molar-refractivity contribution in [2.24, 2.45) is 0 Å². The highest BCUT2D eigenvalue weighted by atomic mass is 16.2. The number of carbonyl (C=O) groups excluding carboxylic acids is 3. The molecule has 0 aliphatic heterocycles. The van der Waals surface area contributed by atoms with Crippen molar-refractivity contribution >= 4 is 18.2 Å². The van der Waals surface area contributed by atoms with Crippen LogP contribution in [0.15, 0.2) is 0 Å². The Kier molecular flexibility index (Phi) is 6.93. The Bertz CT molecular complexity index is 281. The van der Waals surface area contributed by atoms with Crippen LogP contribution in [0.2, 0.25) is 0 Å². The molecule has 3 N–H and O–H groups in total. The van der Waals surface area contributed by atoms with Crippen LogP contribution in [0.1, 0.15) is 34.1 Å². The van der Waals surface area contributed by atoms with Gasteiger partial charge in [-0.3, -0.25) is 14.4 Å². The van der Waals surface area contributed by atoms with Gasteiger partial charge in [-0.1, -0.05) is 0 Å². The monoisotopic (exact) mass is 243 g/mol. The quantitative estimate of drug-likeness (QED) is 0.529. The second-order valence-electron chi connectivity index (χ2n) is 4.22. The third kappa shape index (κ3) is 7.32. The number of nitrogens with one attached hydrogen (secondary N) is 3. The van der Waals surface area contributed by atoms with Gasteiger partial charge in [-0.05, 0) is 20.3 Å². The number of carbonyl (C=O) groups is 3. The molecule has 0 aliphatic carbocycles. The Morgan fingerprint density at radius 3 is 2.06 bits per heavy atom. The van der Waals surface area contributed by atoms with Gasteiger partial charge in [0.2, 0.25) is 18.2 Å². The van der Waals surface area contributed by atoms with Gasteiger partial charge in [-0.15, -0.1) is 0 Å². The van der Waals surface area contributed by atoms with E-state index >= 15 is 0 Å². The summed E-state index contributed by atoms with van der Waals surface area (Å²) in [6.07, 6.45) is 1.18. The number of hydrogen-bond acceptors (Lipinski definition) is 3. The Morgan fingerprint density at radius 2 is 1.65 bits per heavy atom. The van der Waals surface area contributed by atoms with Crippen LogP contribution in [0.5, 0.6) is 0 Å². The molecule has 3 atom stereocenters. The van der Waals surface area contributed by atoms with E-state index in [1.54, 1.807) is 0 Å². The van der Waals surface area contributed by atoms with Crippen molar-refractivity contribution in [1.29, 1.82) is 0 Å². The molecule has 0 aromatic carbocycles. The summed E-state index contributed by atoms with van der Waals surface area (Å²) in [7, 11) is 0. The summed E-state index contributed by atoms with van der Waals surface area (Å²) in [5.74, 6) is -0.311. The summed E-state index contributed by atoms with van der Waals surface area (Å²) in [4.78, 5) is 32.3. The molecule has 6 nitrogen and oxygen atoms in total. The topological polar surface area (TPSA) is 87.3 Å². The minimum Gasteiger partial charge on any atom is -0.356 e. The zero-order valence-corrected chi connectivity index (χ0v) is 10.7. The molecule has 0 aromatic heterocycles. The number of hydrogen-bond donors (Lipinski definition) is 3. The highest BCUT2D eigenvalue weighted by Gasteiger charge is 2.21. The summed E-state index contributed by atoms with van der Waals surface area (Å²) >= 11 is 0. The van der Waals surface area contributed by atoms with Crippen LogP contribution in [0.25, 0.3) is 0 Å². The predicted octanol–water partition coefficient (Wildman–Crippen LogP) is -0.460. The van der Waals surface area contributed by atoms with Gasteiger partial charge in [0.25, 0.3) is 0 Å². The van der Waals surface area contributed by atoms with Gasteiger partial charge < -0.3 is 16.0 Å². The molecule has 6 heteroatoms. The van der Waals surface area contributed by atoms with Crippen molar-refractivity contribution in [2.45, 2.75) is 52.2 Å². The molecule has 17 heavy (non-hydrogen) atoms. The van der Waals surface area contributed by atoms with Crippen LogP contribution < -0.4 is 16.0 Å². The molecule has 0 bridgehead atoms. The first-order chi connectivity index (χ1) is 7.86. The van der Waals surface area contributed by atoms with Crippen molar-refractivity contribution in [3.63, 3.8) is 0 Å². The summed E-state index contributed by atoms with van der Waals surface area (Å²) in [6, 6.07) is -0.466. The van der Waals surface area contributed by atoms with E-state index in [9.17, 15) is 14.4 Å². The highest BCUT2D eigenvalue weighted by Crippen LogP contribution is 2.03. The van der Waals surface area contributed by atoms with Crippen LogP contribution >= 0.6 is 0 Å². The van der Waals surface area contributed by atoms with Crippen LogP contribution in [-0.4, -0.2) is 36.3 Å². The molecular weight excluding hydrogens is 222 g/mol. The van der Waals surface area contributed by atoms with E-state index in [1.165, 1.54) is 13.8 Å². The lowest BCUT2D eigenvalue weighted by molar-refractivity contribution is -0.122. The van der Waals surface area contributed by atoms with Gasteiger partial charge in [-0.2, -0.15) is 0 Å². The average molecular weight is 243 g/mol. The van der Waals surface area contributed by atoms with E-state index in [0.717, 1.165) is 0 Å². The van der Waals surface area contributed by atoms with Crippen molar-refractivity contribution in [3.05, 3.63) is 0 Å². The summed E-state index contributed by atoms with van der Waals surface area (Å²) in [5.41, 5.74) is 0. The first-order valence-corrected chi connectivity index (χ1v) is 5.60. The second-order valence-corrected chi connectivity index (χ2v) is 4.22. The van der Waals surface area contributed by atoms with Crippen molar-refractivity contribution < 1.29 is 14.4 Å². The minimum atomic E-state index is -0.209. The Balaban J connectivity index is 4.45. The van der Waals surface area contributed by atoms with Crippen LogP contribution in [-0.2, 0) is 14.4 Å². The largest absolute Gasteiger partial charge is 0.356 e. The lowest BCUT2D eigenvalue weighted by atomic mass is 10.0. The molecule has 0 rings (SSSR count). The van der Waals surface area contributed by atoms with Crippen molar-refractivity contribution in [1.82, 2.24) is 16.0 Å². The highest BCUT2D eigenvalue weighted by molar-refractivity contribution is 5.74. The van der Waals surface area contributed by atoms with E-state index in [0.29, 0.717) is 12.8 Å². The van der Waals surface area contributed by atoms with Gasteiger partial charge in [0, 0.05) is 25.9 Å². The van der Waals surface area contributed by atoms with E-state index in [-0.39, 0.29) is 29.9 Å². The van der Waals surface area contributed by atoms with Gasteiger partial charge in [0.15, 0.2) is 0 Å². The molecule has 0 aliphatic rings. The molecule has 0 radical (unpaired) electrons. The van der Waals surface area contributed by atoms with Crippen molar-refractivity contribution in [3.8, 4) is 0 Å². The third-order valence-corrected chi connectivity index (χ3v) is 2.38. The molecule has 0 heterocycles. The van der Waals surface area contributed by atoms with Gasteiger partial charge >= 0.3 is 0 Å². The molecule has 3 unspecified atom stereocenters. The van der Waals surface area contributed by atoms with Crippen LogP contribution in [0.4, 0.5) is 0 Å². The minimum absolute atomic E-state index is 0.0689. The summed E-state index contributed by atoms with van der Waals surface area (Å²) < 4.78 is 0. The predicted molar refractivity (Wildman–Crippen MR) is 64.2 cm³/mol. The van der Waals surface area contributed by atoms with Crippen LogP contribution in [0.3, 0.4) is 0 Å². The molecule has 0 saturated heterocycles. The molecule has 0 aromatic rings. The first kappa shape index (κ1) is 15.4. The lowest BCUT2D eigenvalue weighted by Crippen LogP contribution is -2.51. The fourth-order valence-electron chi connectivity index (χ4n) is 1.64. The fourth-order valence-corrected chi connectivity index (χ4v) is 1.64. The van der Waals surface area contributed by atoms with Gasteiger partial charge in [0.1, 0.15) is 0 Å². The average Bonchev–Trinajstić information content (AvgIpc) is 2.15. The molecule has 0 saturated carbocycles. The molecule has 0 spiro atoms. The maximum absolute atomic E-state index is 11.1. The number of amides is 3. The van der Waals surface area contributed by atoms with Crippen molar-refractivity contribution in [2.75, 3.05) is 0 Å². The van der Waals surface area contributed by atoms with E-state index in [1.807, 2.05) is 13.8 Å². The van der Waals surface area contributed by atoms with Gasteiger partial charge in [-0.25, -0.2) is 0 Å². The fraction of sp³-hybridized carbons (Fsp3) is 0.727. The maximum Gasteiger partial charge on any atom is 0.217 e. The Morgan fingerprint density at radius 1 is 1.12 bits per heavy atom. The maximum atomic E-state index is 11.1. The molecule has 98 valence electrons. The van der Waals surface area contributed by atoms with E-state index in [4.69, 9.17) is 0 Å². The SMILES string of the molecule is CC(=O)NC(C)C(CC(C)NC=O)NC(C)=O. The third-order valence-electron chi connectivity index (χ3n) is 2.38. The second kappa shape index (κ2) is 7.65. The van der Waals surface area contributed by atoms with Gasteiger partial charge in [0.05, 0.1) is 6.04 Å². The zero-order chi connectivity index (χ0) is 13.4. The molecule has 0 fully saturated rings. The number of rotatable bonds is 7. The summed E-state index contributed by atoms with van der Waals surface area (Å²) in [5, 5.41) is 8.10.